The molecule has 8 heteroatoms. The average Bonchev–Trinajstić information content (AvgIpc) is 2.78. The lowest BCUT2D eigenvalue weighted by molar-refractivity contribution is 0.601. The monoisotopic (exact) mass is 431 g/mol. The molecule has 0 aliphatic rings. The highest BCUT2D eigenvalue weighted by Crippen LogP contribution is 2.35. The van der Waals surface area contributed by atoms with Gasteiger partial charge in [0.2, 0.25) is 5.95 Å². The number of nitrogens with zero attached hydrogens (tertiary/aromatic N) is 4. The van der Waals surface area contributed by atoms with E-state index in [2.05, 4.69) is 19.7 Å². The quantitative estimate of drug-likeness (QED) is 0.474. The van der Waals surface area contributed by atoms with E-state index in [1.165, 1.54) is 0 Å². The van der Waals surface area contributed by atoms with E-state index in [1.807, 2.05) is 36.9 Å². The fraction of sp³-hybridized carbons (Fsp3) is 0.0870. The molecule has 2 aromatic carbocycles. The molecule has 0 bridgehead atoms. The third kappa shape index (κ3) is 4.54. The number of benzene rings is 2. The summed E-state index contributed by atoms with van der Waals surface area (Å²) in [6, 6.07) is 17.5. The minimum absolute atomic E-state index is 0.204. The van der Waals surface area contributed by atoms with Gasteiger partial charge < -0.3 is 0 Å². The Morgan fingerprint density at radius 3 is 2.29 bits per heavy atom. The lowest BCUT2D eigenvalue weighted by Crippen LogP contribution is -2.16. The Hall–Kier alpha value is -3.78. The Morgan fingerprint density at radius 1 is 0.871 bits per heavy atom. The number of hydrogen-bond donors (Lipinski definition) is 1. The first-order valence-electron chi connectivity index (χ1n) is 9.61. The van der Waals surface area contributed by atoms with Crippen LogP contribution in [0.15, 0.2) is 90.3 Å². The highest BCUT2D eigenvalue weighted by Gasteiger charge is 2.19. The molecule has 0 aliphatic carbocycles. The van der Waals surface area contributed by atoms with E-state index in [-0.39, 0.29) is 4.90 Å². The minimum Gasteiger partial charge on any atom is -0.280 e. The largest absolute Gasteiger partial charge is 0.280 e. The number of nitrogens with one attached hydrogen (secondary N) is 1. The van der Waals surface area contributed by atoms with Crippen molar-refractivity contribution in [1.29, 1.82) is 0 Å². The fourth-order valence-corrected chi connectivity index (χ4v) is 4.15. The second-order valence-corrected chi connectivity index (χ2v) is 8.70. The van der Waals surface area contributed by atoms with Crippen molar-refractivity contribution < 1.29 is 8.42 Å². The molecule has 0 spiro atoms. The second-order valence-electron chi connectivity index (χ2n) is 7.02. The zero-order chi connectivity index (χ0) is 21.8. The number of rotatable bonds is 6. The summed E-state index contributed by atoms with van der Waals surface area (Å²) in [5.41, 5.74) is 3.85. The molecule has 0 atom stereocenters. The van der Waals surface area contributed by atoms with Crippen LogP contribution in [-0.2, 0) is 10.0 Å². The Bertz CT molecular complexity index is 1240. The number of pyridine rings is 1. The maximum atomic E-state index is 12.9. The summed E-state index contributed by atoms with van der Waals surface area (Å²) in [5.74, 6) is 0.456. The fourth-order valence-electron chi connectivity index (χ4n) is 3.10. The molecule has 4 rings (SSSR count). The van der Waals surface area contributed by atoms with Crippen LogP contribution in [0.5, 0.6) is 0 Å². The molecule has 0 aliphatic heterocycles. The van der Waals surface area contributed by atoms with Crippen LogP contribution >= 0.6 is 0 Å². The summed E-state index contributed by atoms with van der Waals surface area (Å²) in [6.45, 7) is 3.86. The number of aryl methyl sites for hydroxylation is 2. The Kier molecular flexibility index (Phi) is 5.64. The van der Waals surface area contributed by atoms with Crippen molar-refractivity contribution in [3.63, 3.8) is 0 Å². The van der Waals surface area contributed by atoms with Gasteiger partial charge in [-0.3, -0.25) is 14.6 Å². The first-order valence-corrected chi connectivity index (χ1v) is 11.1. The first kappa shape index (κ1) is 20.5. The van der Waals surface area contributed by atoms with E-state index in [9.17, 15) is 8.42 Å². The molecule has 0 fully saturated rings. The maximum absolute atomic E-state index is 12.9. The highest BCUT2D eigenvalue weighted by molar-refractivity contribution is 7.92. The topological polar surface area (TPSA) is 88.1 Å². The third-order valence-electron chi connectivity index (χ3n) is 4.69. The molecular formula is C23H21N5O2S. The minimum atomic E-state index is -3.73. The molecule has 0 saturated heterocycles. The number of aromatic nitrogens is 3. The lowest BCUT2D eigenvalue weighted by Gasteiger charge is -2.25. The van der Waals surface area contributed by atoms with Crippen molar-refractivity contribution in [2.75, 3.05) is 9.62 Å². The number of anilines is 4. The summed E-state index contributed by atoms with van der Waals surface area (Å²) < 4.78 is 28.4. The highest BCUT2D eigenvalue weighted by atomic mass is 32.2. The maximum Gasteiger partial charge on any atom is 0.261 e. The SMILES string of the molecule is Cc1ccc(S(=O)(=O)Nc2ccc(C)c(N(c3cccnc3)c3ncccn3)c2)cc1. The van der Waals surface area contributed by atoms with Crippen LogP contribution in [0.1, 0.15) is 11.1 Å². The molecule has 0 amide bonds. The third-order valence-corrected chi connectivity index (χ3v) is 6.09. The van der Waals surface area contributed by atoms with Crippen LogP contribution in [0.25, 0.3) is 0 Å². The summed E-state index contributed by atoms with van der Waals surface area (Å²) in [5, 5.41) is 0. The van der Waals surface area contributed by atoms with E-state index < -0.39 is 10.0 Å². The van der Waals surface area contributed by atoms with E-state index in [0.717, 1.165) is 22.5 Å². The zero-order valence-electron chi connectivity index (χ0n) is 17.1. The van der Waals surface area contributed by atoms with Gasteiger partial charge in [-0.05, 0) is 61.9 Å². The Balaban J connectivity index is 1.76. The van der Waals surface area contributed by atoms with E-state index in [1.54, 1.807) is 67.3 Å². The van der Waals surface area contributed by atoms with Crippen LogP contribution in [0.3, 0.4) is 0 Å². The lowest BCUT2D eigenvalue weighted by atomic mass is 10.1. The smallest absolute Gasteiger partial charge is 0.261 e. The van der Waals surface area contributed by atoms with Gasteiger partial charge >= 0.3 is 0 Å². The molecule has 7 nitrogen and oxygen atoms in total. The summed E-state index contributed by atoms with van der Waals surface area (Å²) in [6.07, 6.45) is 6.71. The van der Waals surface area contributed by atoms with Crippen molar-refractivity contribution in [2.24, 2.45) is 0 Å². The molecule has 0 unspecified atom stereocenters. The van der Waals surface area contributed by atoms with Crippen molar-refractivity contribution in [3.05, 3.63) is 96.6 Å². The molecule has 2 aromatic heterocycles. The molecule has 31 heavy (non-hydrogen) atoms. The van der Waals surface area contributed by atoms with E-state index in [0.29, 0.717) is 11.6 Å². The van der Waals surface area contributed by atoms with Crippen LogP contribution in [0.4, 0.5) is 23.0 Å². The predicted molar refractivity (Wildman–Crippen MR) is 121 cm³/mol. The molecule has 0 saturated carbocycles. The van der Waals surface area contributed by atoms with Crippen molar-refractivity contribution in [1.82, 2.24) is 15.0 Å². The van der Waals surface area contributed by atoms with Gasteiger partial charge in [-0.15, -0.1) is 0 Å². The van der Waals surface area contributed by atoms with Crippen LogP contribution in [-0.4, -0.2) is 23.4 Å². The number of sulfonamides is 1. The van der Waals surface area contributed by atoms with Gasteiger partial charge in [0, 0.05) is 18.6 Å². The second kappa shape index (κ2) is 8.53. The van der Waals surface area contributed by atoms with Crippen molar-refractivity contribution in [3.8, 4) is 0 Å². The molecule has 0 radical (unpaired) electrons. The Labute approximate surface area is 181 Å². The van der Waals surface area contributed by atoms with Gasteiger partial charge in [0.1, 0.15) is 0 Å². The van der Waals surface area contributed by atoms with E-state index >= 15 is 0 Å². The average molecular weight is 432 g/mol. The standard InChI is InChI=1S/C23H21N5O2S/c1-17-6-10-21(11-7-17)31(29,30)27-19-9-8-18(2)22(15-19)28(20-5-3-12-24-16-20)23-25-13-4-14-26-23/h3-16,27H,1-2H3. The van der Waals surface area contributed by atoms with E-state index in [4.69, 9.17) is 0 Å². The Morgan fingerprint density at radius 2 is 1.61 bits per heavy atom. The molecule has 4 aromatic rings. The van der Waals surface area contributed by atoms with Crippen molar-refractivity contribution >= 4 is 33.0 Å². The van der Waals surface area contributed by atoms with Gasteiger partial charge in [0.25, 0.3) is 10.0 Å². The van der Waals surface area contributed by atoms with Gasteiger partial charge in [0.05, 0.1) is 28.2 Å². The summed E-state index contributed by atoms with van der Waals surface area (Å²) >= 11 is 0. The van der Waals surface area contributed by atoms with Crippen LogP contribution in [0, 0.1) is 13.8 Å². The predicted octanol–water partition coefficient (Wildman–Crippen LogP) is 4.76. The number of hydrogen-bond acceptors (Lipinski definition) is 6. The molecule has 156 valence electrons. The van der Waals surface area contributed by atoms with Gasteiger partial charge in [0.15, 0.2) is 0 Å². The molecular weight excluding hydrogens is 410 g/mol. The van der Waals surface area contributed by atoms with Gasteiger partial charge in [-0.1, -0.05) is 23.8 Å². The normalized spacial score (nSPS) is 11.2. The first-order chi connectivity index (χ1) is 14.9. The van der Waals surface area contributed by atoms with Gasteiger partial charge in [-0.25, -0.2) is 18.4 Å². The molecule has 1 N–H and O–H groups in total. The van der Waals surface area contributed by atoms with Crippen molar-refractivity contribution in [2.45, 2.75) is 18.7 Å². The molecule has 2 heterocycles. The summed E-state index contributed by atoms with van der Waals surface area (Å²) in [7, 11) is -3.73. The van der Waals surface area contributed by atoms with Gasteiger partial charge in [-0.2, -0.15) is 0 Å². The van der Waals surface area contributed by atoms with Crippen LogP contribution in [0.2, 0.25) is 0 Å². The summed E-state index contributed by atoms with van der Waals surface area (Å²) in [4.78, 5) is 15.0. The van der Waals surface area contributed by atoms with Crippen LogP contribution < -0.4 is 9.62 Å². The zero-order valence-corrected chi connectivity index (χ0v) is 17.9.